The highest BCUT2D eigenvalue weighted by Gasteiger charge is 2.11. The molecule has 0 saturated heterocycles. The minimum Gasteiger partial charge on any atom is -0.344 e. The molecule has 0 amide bonds. The summed E-state index contributed by atoms with van der Waals surface area (Å²) in [6.45, 7) is 0. The lowest BCUT2D eigenvalue weighted by atomic mass is 10.2. The first-order chi connectivity index (χ1) is 9.07. The molecule has 0 radical (unpaired) electrons. The molecule has 0 aliphatic carbocycles. The summed E-state index contributed by atoms with van der Waals surface area (Å²) in [7, 11) is 0. The van der Waals surface area contributed by atoms with Gasteiger partial charge in [-0.05, 0) is 34.7 Å². The minimum absolute atomic E-state index is 0.127. The second-order valence-corrected chi connectivity index (χ2v) is 4.30. The third kappa shape index (κ3) is 3.19. The summed E-state index contributed by atoms with van der Waals surface area (Å²) in [6.07, 6.45) is 0. The van der Waals surface area contributed by atoms with Crippen LogP contribution in [0.2, 0.25) is 0 Å². The molecule has 0 bridgehead atoms. The summed E-state index contributed by atoms with van der Waals surface area (Å²) >= 11 is 1.85. The van der Waals surface area contributed by atoms with Gasteiger partial charge in [-0.15, -0.1) is 0 Å². The zero-order chi connectivity index (χ0) is 14.4. The second-order valence-electron chi connectivity index (χ2n) is 3.13. The van der Waals surface area contributed by atoms with E-state index < -0.39 is 11.4 Å². The summed E-state index contributed by atoms with van der Waals surface area (Å²) < 4.78 is 13.9. The smallest absolute Gasteiger partial charge is 0.163 e. The van der Waals surface area contributed by atoms with Gasteiger partial charge >= 0.3 is 0 Å². The fourth-order valence-corrected chi connectivity index (χ4v) is 1.75. The number of nitrogens with one attached hydrogen (secondary N) is 1. The van der Waals surface area contributed by atoms with Gasteiger partial charge in [0.05, 0.1) is 11.3 Å². The second kappa shape index (κ2) is 6.35. The molecule has 0 atom stereocenters. The number of hydrogen-bond acceptors (Lipinski definition) is 5. The van der Waals surface area contributed by atoms with Crippen molar-refractivity contribution < 1.29 is 4.39 Å². The third-order valence-corrected chi connectivity index (χ3v) is 2.91. The summed E-state index contributed by atoms with van der Waals surface area (Å²) in [4.78, 5) is 0. The lowest BCUT2D eigenvalue weighted by molar-refractivity contribution is 0.624. The highest BCUT2D eigenvalue weighted by Crippen LogP contribution is 2.24. The van der Waals surface area contributed by atoms with E-state index in [1.165, 1.54) is 6.07 Å². The van der Waals surface area contributed by atoms with Gasteiger partial charge < -0.3 is 5.32 Å². The predicted molar refractivity (Wildman–Crippen MR) is 71.3 cm³/mol. The number of rotatable bonds is 2. The molecule has 0 aliphatic heterocycles. The Morgan fingerprint density at radius 3 is 2.21 bits per heavy atom. The van der Waals surface area contributed by atoms with Gasteiger partial charge in [0.2, 0.25) is 0 Å². The van der Waals surface area contributed by atoms with Gasteiger partial charge in [-0.25, -0.2) is 4.39 Å². The molecular weight excluding hydrogens is 360 g/mol. The van der Waals surface area contributed by atoms with Crippen LogP contribution in [0.4, 0.5) is 10.1 Å². The topological polar surface area (TPSA) is 107 Å². The monoisotopic (exact) mass is 363 g/mol. The summed E-state index contributed by atoms with van der Waals surface area (Å²) in [5.74, 6) is -0.752. The molecule has 90 valence electrons. The van der Waals surface area contributed by atoms with Crippen molar-refractivity contribution in [2.45, 2.75) is 0 Å². The standard InChI is InChI=1S/C12H3FIN5/c13-9-2-11(10(14)1-7(9)3-15)19-12(6-18)8(4-16)5-17/h1-2,19H. The van der Waals surface area contributed by atoms with Crippen molar-refractivity contribution in [3.8, 4) is 24.3 Å². The van der Waals surface area contributed by atoms with Crippen LogP contribution in [-0.4, -0.2) is 0 Å². The molecule has 0 aliphatic rings. The van der Waals surface area contributed by atoms with Crippen LogP contribution in [0, 0.1) is 54.7 Å². The maximum atomic E-state index is 13.5. The van der Waals surface area contributed by atoms with Crippen molar-refractivity contribution in [1.29, 1.82) is 21.0 Å². The number of anilines is 1. The largest absolute Gasteiger partial charge is 0.344 e. The Labute approximate surface area is 121 Å². The quantitative estimate of drug-likeness (QED) is 0.642. The Hall–Kier alpha value is -2.62. The van der Waals surface area contributed by atoms with Gasteiger partial charge in [-0.3, -0.25) is 0 Å². The molecule has 19 heavy (non-hydrogen) atoms. The molecule has 0 fully saturated rings. The maximum absolute atomic E-state index is 13.5. The normalized spacial score (nSPS) is 8.32. The van der Waals surface area contributed by atoms with Crippen LogP contribution in [0.5, 0.6) is 0 Å². The molecule has 1 aromatic carbocycles. The third-order valence-electron chi connectivity index (χ3n) is 2.02. The average Bonchev–Trinajstić information content (AvgIpc) is 2.42. The minimum atomic E-state index is -0.752. The van der Waals surface area contributed by atoms with E-state index in [1.807, 2.05) is 22.6 Å². The van der Waals surface area contributed by atoms with Crippen LogP contribution in [0.3, 0.4) is 0 Å². The van der Waals surface area contributed by atoms with E-state index in [2.05, 4.69) is 5.32 Å². The Bertz CT molecular complexity index is 709. The molecule has 0 aromatic heterocycles. The number of benzene rings is 1. The highest BCUT2D eigenvalue weighted by atomic mass is 127. The van der Waals surface area contributed by atoms with Gasteiger partial charge in [-0.2, -0.15) is 21.0 Å². The maximum Gasteiger partial charge on any atom is 0.163 e. The van der Waals surface area contributed by atoms with Crippen molar-refractivity contribution in [3.63, 3.8) is 0 Å². The van der Waals surface area contributed by atoms with E-state index in [1.54, 1.807) is 24.3 Å². The van der Waals surface area contributed by atoms with E-state index in [0.29, 0.717) is 3.57 Å². The first-order valence-corrected chi connectivity index (χ1v) is 5.76. The fraction of sp³-hybridized carbons (Fsp3) is 0. The molecule has 0 heterocycles. The van der Waals surface area contributed by atoms with E-state index in [0.717, 1.165) is 6.07 Å². The van der Waals surface area contributed by atoms with Crippen molar-refractivity contribution >= 4 is 28.3 Å². The molecule has 7 heteroatoms. The molecular formula is C12H3FIN5. The van der Waals surface area contributed by atoms with Crippen LogP contribution in [0.1, 0.15) is 5.56 Å². The van der Waals surface area contributed by atoms with E-state index in [9.17, 15) is 4.39 Å². The zero-order valence-electron chi connectivity index (χ0n) is 9.20. The van der Waals surface area contributed by atoms with Gasteiger partial charge in [-0.1, -0.05) is 0 Å². The fourth-order valence-electron chi connectivity index (χ4n) is 1.15. The van der Waals surface area contributed by atoms with E-state index in [-0.39, 0.29) is 16.9 Å². The highest BCUT2D eigenvalue weighted by molar-refractivity contribution is 14.1. The van der Waals surface area contributed by atoms with Gasteiger partial charge in [0.1, 0.15) is 35.8 Å². The Morgan fingerprint density at radius 1 is 1.11 bits per heavy atom. The summed E-state index contributed by atoms with van der Waals surface area (Å²) in [5.41, 5.74) is -0.593. The lowest BCUT2D eigenvalue weighted by Gasteiger charge is -2.08. The number of nitriles is 4. The molecule has 1 N–H and O–H groups in total. The molecule has 0 unspecified atom stereocenters. The lowest BCUT2D eigenvalue weighted by Crippen LogP contribution is -2.03. The van der Waals surface area contributed by atoms with Gasteiger partial charge in [0, 0.05) is 3.57 Å². The van der Waals surface area contributed by atoms with Crippen LogP contribution < -0.4 is 5.32 Å². The van der Waals surface area contributed by atoms with E-state index >= 15 is 0 Å². The summed E-state index contributed by atoms with van der Waals surface area (Å²) in [5, 5.41) is 37.4. The van der Waals surface area contributed by atoms with Crippen molar-refractivity contribution in [2.75, 3.05) is 5.32 Å². The molecule has 5 nitrogen and oxygen atoms in total. The van der Waals surface area contributed by atoms with Crippen molar-refractivity contribution in [2.24, 2.45) is 0 Å². The molecule has 0 spiro atoms. The van der Waals surface area contributed by atoms with Gasteiger partial charge in [0.15, 0.2) is 5.57 Å². The molecule has 1 rings (SSSR count). The zero-order valence-corrected chi connectivity index (χ0v) is 11.4. The van der Waals surface area contributed by atoms with Crippen LogP contribution in [-0.2, 0) is 0 Å². The number of allylic oxidation sites excluding steroid dienone is 2. The Kier molecular flexibility index (Phi) is 4.83. The molecule has 0 saturated carbocycles. The SMILES string of the molecule is N#CC(C#N)=C(C#N)Nc1cc(F)c(C#N)cc1I. The Balaban J connectivity index is 3.30. The Morgan fingerprint density at radius 2 is 1.74 bits per heavy atom. The first-order valence-electron chi connectivity index (χ1n) is 4.68. The first kappa shape index (κ1) is 14.4. The average molecular weight is 363 g/mol. The summed E-state index contributed by atoms with van der Waals surface area (Å²) in [6, 6.07) is 8.81. The van der Waals surface area contributed by atoms with Crippen LogP contribution in [0.25, 0.3) is 0 Å². The van der Waals surface area contributed by atoms with Crippen molar-refractivity contribution in [3.05, 3.63) is 38.4 Å². The van der Waals surface area contributed by atoms with Gasteiger partial charge in [0.25, 0.3) is 0 Å². The van der Waals surface area contributed by atoms with Crippen molar-refractivity contribution in [1.82, 2.24) is 0 Å². The van der Waals surface area contributed by atoms with E-state index in [4.69, 9.17) is 21.0 Å². The number of halogens is 2. The van der Waals surface area contributed by atoms with Crippen LogP contribution >= 0.6 is 22.6 Å². The predicted octanol–water partition coefficient (Wildman–Crippen LogP) is 2.54. The van der Waals surface area contributed by atoms with Crippen LogP contribution in [0.15, 0.2) is 23.4 Å². The number of nitrogens with zero attached hydrogens (tertiary/aromatic N) is 4. The molecule has 1 aromatic rings. The number of hydrogen-bond donors (Lipinski definition) is 1.